The Balaban J connectivity index is 1.55. The van der Waals surface area contributed by atoms with Crippen LogP contribution in [0.2, 0.25) is 0 Å². The van der Waals surface area contributed by atoms with Crippen LogP contribution in [-0.4, -0.2) is 29.2 Å². The number of rotatable bonds is 3. The van der Waals surface area contributed by atoms with E-state index in [1.807, 2.05) is 42.5 Å². The first kappa shape index (κ1) is 17.0. The molecule has 1 saturated heterocycles. The largest absolute Gasteiger partial charge is 0.316 e. The number of benzene rings is 2. The lowest BCUT2D eigenvalue weighted by atomic mass is 9.90. The summed E-state index contributed by atoms with van der Waals surface area (Å²) < 4.78 is 1.19. The molecule has 5 rings (SSSR count). The normalized spacial score (nSPS) is 22.1. The molecule has 2 aliphatic heterocycles. The van der Waals surface area contributed by atoms with Gasteiger partial charge in [0.1, 0.15) is 5.01 Å². The van der Waals surface area contributed by atoms with Gasteiger partial charge >= 0.3 is 0 Å². The number of aromatic nitrogens is 1. The van der Waals surface area contributed by atoms with E-state index in [1.54, 1.807) is 23.1 Å². The Morgan fingerprint density at radius 3 is 2.78 bits per heavy atom. The summed E-state index contributed by atoms with van der Waals surface area (Å²) in [5.41, 5.74) is 2.93. The van der Waals surface area contributed by atoms with Crippen molar-refractivity contribution < 1.29 is 4.79 Å². The summed E-state index contributed by atoms with van der Waals surface area (Å²) in [7, 11) is 0. The van der Waals surface area contributed by atoms with Gasteiger partial charge in [-0.1, -0.05) is 30.3 Å². The first-order valence-electron chi connectivity index (χ1n) is 9.13. The Hall–Kier alpha value is -2.15. The summed E-state index contributed by atoms with van der Waals surface area (Å²) in [5, 5.41) is 9.14. The summed E-state index contributed by atoms with van der Waals surface area (Å²) in [6.07, 6.45) is 1.08. The molecule has 0 radical (unpaired) electrons. The van der Waals surface area contributed by atoms with E-state index < -0.39 is 0 Å². The number of thioether (sulfide) groups is 1. The minimum absolute atomic E-state index is 0.0525. The van der Waals surface area contributed by atoms with E-state index >= 15 is 0 Å². The number of fused-ring (bicyclic) bond motifs is 2. The molecule has 3 heterocycles. The van der Waals surface area contributed by atoms with E-state index in [4.69, 9.17) is 4.98 Å². The van der Waals surface area contributed by atoms with Gasteiger partial charge in [0, 0.05) is 28.8 Å². The van der Waals surface area contributed by atoms with Crippen molar-refractivity contribution in [3.8, 4) is 0 Å². The van der Waals surface area contributed by atoms with Crippen LogP contribution in [0.25, 0.3) is 15.8 Å². The lowest BCUT2D eigenvalue weighted by Gasteiger charge is -2.26. The molecule has 0 aliphatic carbocycles. The lowest BCUT2D eigenvalue weighted by molar-refractivity contribution is 0.0969. The summed E-state index contributed by atoms with van der Waals surface area (Å²) in [6, 6.07) is 17.6. The van der Waals surface area contributed by atoms with Gasteiger partial charge in [0.25, 0.3) is 5.91 Å². The highest BCUT2D eigenvalue weighted by molar-refractivity contribution is 8.04. The average Bonchev–Trinajstić information content (AvgIpc) is 3.29. The number of allylic oxidation sites excluding steroid dienone is 1. The van der Waals surface area contributed by atoms with Crippen LogP contribution in [0.1, 0.15) is 21.8 Å². The van der Waals surface area contributed by atoms with Gasteiger partial charge in [-0.05, 0) is 37.2 Å². The quantitative estimate of drug-likeness (QED) is 0.703. The zero-order valence-electron chi connectivity index (χ0n) is 14.6. The van der Waals surface area contributed by atoms with Crippen molar-refractivity contribution in [2.24, 2.45) is 5.92 Å². The Kier molecular flexibility index (Phi) is 4.47. The SMILES string of the molecule is O=C(NC1=C(c2nc3ccccc3s2)C2CCNCC2S1)c1ccccc1. The van der Waals surface area contributed by atoms with E-state index in [2.05, 4.69) is 22.8 Å². The number of piperidine rings is 1. The number of nitrogens with one attached hydrogen (secondary N) is 2. The summed E-state index contributed by atoms with van der Waals surface area (Å²) in [4.78, 5) is 17.7. The Morgan fingerprint density at radius 1 is 1.11 bits per heavy atom. The fourth-order valence-corrected chi connectivity index (χ4v) is 6.38. The molecule has 2 N–H and O–H groups in total. The fourth-order valence-electron chi connectivity index (χ4n) is 3.77. The molecule has 4 nitrogen and oxygen atoms in total. The molecule has 1 amide bonds. The van der Waals surface area contributed by atoms with Gasteiger partial charge in [-0.15, -0.1) is 23.1 Å². The highest BCUT2D eigenvalue weighted by atomic mass is 32.2. The van der Waals surface area contributed by atoms with Crippen LogP contribution >= 0.6 is 23.1 Å². The van der Waals surface area contributed by atoms with E-state index in [0.29, 0.717) is 16.7 Å². The third-order valence-electron chi connectivity index (χ3n) is 5.10. The summed E-state index contributed by atoms with van der Waals surface area (Å²) >= 11 is 3.51. The lowest BCUT2D eigenvalue weighted by Crippen LogP contribution is -2.37. The Bertz CT molecular complexity index is 995. The van der Waals surface area contributed by atoms with Crippen molar-refractivity contribution in [1.82, 2.24) is 15.6 Å². The fraction of sp³-hybridized carbons (Fsp3) is 0.238. The smallest absolute Gasteiger partial charge is 0.256 e. The zero-order valence-corrected chi connectivity index (χ0v) is 16.3. The molecule has 2 aliphatic rings. The molecule has 2 unspecified atom stereocenters. The van der Waals surface area contributed by atoms with Crippen molar-refractivity contribution in [3.63, 3.8) is 0 Å². The van der Waals surface area contributed by atoms with Crippen LogP contribution in [0.15, 0.2) is 59.6 Å². The number of hydrogen-bond acceptors (Lipinski definition) is 5. The van der Waals surface area contributed by atoms with Gasteiger partial charge in [-0.2, -0.15) is 0 Å². The van der Waals surface area contributed by atoms with Gasteiger partial charge < -0.3 is 10.6 Å². The molecule has 0 bridgehead atoms. The van der Waals surface area contributed by atoms with E-state index in [1.165, 1.54) is 10.3 Å². The molecule has 3 aromatic rings. The van der Waals surface area contributed by atoms with Crippen LogP contribution in [0.3, 0.4) is 0 Å². The summed E-state index contributed by atoms with van der Waals surface area (Å²) in [5.74, 6) is 0.381. The van der Waals surface area contributed by atoms with Crippen LogP contribution in [-0.2, 0) is 0 Å². The molecule has 2 atom stereocenters. The van der Waals surface area contributed by atoms with Gasteiger partial charge in [0.05, 0.1) is 15.2 Å². The van der Waals surface area contributed by atoms with Gasteiger partial charge in [-0.3, -0.25) is 4.79 Å². The third-order valence-corrected chi connectivity index (χ3v) is 7.52. The molecule has 27 heavy (non-hydrogen) atoms. The zero-order chi connectivity index (χ0) is 18.2. The Morgan fingerprint density at radius 2 is 1.93 bits per heavy atom. The van der Waals surface area contributed by atoms with Crippen LogP contribution < -0.4 is 10.6 Å². The first-order chi connectivity index (χ1) is 13.3. The number of carbonyl (C=O) groups is 1. The standard InChI is InChI=1S/C21H19N3OS2/c25-19(13-6-2-1-3-7-13)24-21-18(14-10-11-22-12-17(14)27-21)20-23-15-8-4-5-9-16(15)26-20/h1-9,14,17,22H,10-12H2,(H,24,25). The van der Waals surface area contributed by atoms with Crippen molar-refractivity contribution in [2.45, 2.75) is 11.7 Å². The van der Waals surface area contributed by atoms with Crippen molar-refractivity contribution in [3.05, 3.63) is 70.2 Å². The topological polar surface area (TPSA) is 54.0 Å². The van der Waals surface area contributed by atoms with Crippen LogP contribution in [0.5, 0.6) is 0 Å². The molecule has 0 saturated carbocycles. The maximum absolute atomic E-state index is 12.8. The minimum atomic E-state index is -0.0525. The maximum atomic E-state index is 12.8. The molecular formula is C21H19N3OS2. The second-order valence-corrected chi connectivity index (χ2v) is 9.09. The minimum Gasteiger partial charge on any atom is -0.316 e. The number of hydrogen-bond donors (Lipinski definition) is 2. The third kappa shape index (κ3) is 3.18. The number of carbonyl (C=O) groups excluding carboxylic acids is 1. The summed E-state index contributed by atoms with van der Waals surface area (Å²) in [6.45, 7) is 1.98. The van der Waals surface area contributed by atoms with Gasteiger partial charge in [-0.25, -0.2) is 4.98 Å². The van der Waals surface area contributed by atoms with E-state index in [-0.39, 0.29) is 5.91 Å². The first-order valence-corrected chi connectivity index (χ1v) is 10.8. The van der Waals surface area contributed by atoms with E-state index in [0.717, 1.165) is 35.1 Å². The molecule has 2 aromatic carbocycles. The van der Waals surface area contributed by atoms with Crippen LogP contribution in [0.4, 0.5) is 0 Å². The molecule has 0 spiro atoms. The van der Waals surface area contributed by atoms with Crippen molar-refractivity contribution in [1.29, 1.82) is 0 Å². The Labute approximate surface area is 166 Å². The van der Waals surface area contributed by atoms with Crippen molar-refractivity contribution in [2.75, 3.05) is 13.1 Å². The second kappa shape index (κ2) is 7.11. The molecule has 136 valence electrons. The van der Waals surface area contributed by atoms with Gasteiger partial charge in [0.2, 0.25) is 0 Å². The predicted octanol–water partition coefficient (Wildman–Crippen LogP) is 4.12. The molecular weight excluding hydrogens is 374 g/mol. The van der Waals surface area contributed by atoms with Crippen LogP contribution in [0, 0.1) is 5.92 Å². The second-order valence-electron chi connectivity index (χ2n) is 6.81. The predicted molar refractivity (Wildman–Crippen MR) is 113 cm³/mol. The van der Waals surface area contributed by atoms with Gasteiger partial charge in [0.15, 0.2) is 0 Å². The highest BCUT2D eigenvalue weighted by Gasteiger charge is 2.39. The number of amides is 1. The number of para-hydroxylation sites is 1. The van der Waals surface area contributed by atoms with Crippen molar-refractivity contribution >= 4 is 44.8 Å². The molecule has 1 fully saturated rings. The number of nitrogens with zero attached hydrogens (tertiary/aromatic N) is 1. The number of thiazole rings is 1. The maximum Gasteiger partial charge on any atom is 0.256 e. The highest BCUT2D eigenvalue weighted by Crippen LogP contribution is 2.49. The molecule has 1 aromatic heterocycles. The monoisotopic (exact) mass is 393 g/mol. The van der Waals surface area contributed by atoms with E-state index in [9.17, 15) is 4.79 Å². The molecule has 6 heteroatoms. The average molecular weight is 394 g/mol.